The molecule has 0 amide bonds. The molecule has 1 aromatic heterocycles. The van der Waals surface area contributed by atoms with Gasteiger partial charge in [-0.25, -0.2) is 9.37 Å². The zero-order valence-electron chi connectivity index (χ0n) is 12.1. The largest absolute Gasteiger partial charge is 0.444 e. The number of piperidine rings is 1. The van der Waals surface area contributed by atoms with Gasteiger partial charge >= 0.3 is 0 Å². The molecule has 1 fully saturated rings. The van der Waals surface area contributed by atoms with E-state index in [0.29, 0.717) is 24.5 Å². The minimum absolute atomic E-state index is 0.306. The van der Waals surface area contributed by atoms with Crippen molar-refractivity contribution in [2.45, 2.75) is 31.9 Å². The lowest BCUT2D eigenvalue weighted by Gasteiger charge is -2.36. The summed E-state index contributed by atoms with van der Waals surface area (Å²) in [7, 11) is 0. The molecule has 5 heteroatoms. The molecular weight excluding hydrogens is 271 g/mol. The fourth-order valence-electron chi connectivity index (χ4n) is 2.82. The SMILES string of the molecule is CC1(O)CCCN(Cc2coc(-c3cccc(F)c3)n2)C1. The van der Waals surface area contributed by atoms with Gasteiger partial charge < -0.3 is 9.52 Å². The number of rotatable bonds is 3. The molecule has 2 heterocycles. The number of oxazole rings is 1. The van der Waals surface area contributed by atoms with Crippen molar-refractivity contribution in [3.05, 3.63) is 42.0 Å². The molecule has 1 aromatic carbocycles. The van der Waals surface area contributed by atoms with Crippen LogP contribution in [0.25, 0.3) is 11.5 Å². The van der Waals surface area contributed by atoms with Gasteiger partial charge in [0.15, 0.2) is 0 Å². The topological polar surface area (TPSA) is 49.5 Å². The third-order valence-corrected chi connectivity index (χ3v) is 3.76. The second-order valence-corrected chi connectivity index (χ2v) is 5.97. The van der Waals surface area contributed by atoms with Crippen molar-refractivity contribution in [3.8, 4) is 11.5 Å². The molecule has 4 nitrogen and oxygen atoms in total. The summed E-state index contributed by atoms with van der Waals surface area (Å²) in [6.45, 7) is 4.07. The van der Waals surface area contributed by atoms with Gasteiger partial charge in [0.25, 0.3) is 0 Å². The van der Waals surface area contributed by atoms with Crippen LogP contribution in [0.2, 0.25) is 0 Å². The van der Waals surface area contributed by atoms with E-state index in [1.807, 2.05) is 6.92 Å². The van der Waals surface area contributed by atoms with Crippen LogP contribution in [-0.2, 0) is 6.54 Å². The summed E-state index contributed by atoms with van der Waals surface area (Å²) in [6, 6.07) is 6.20. The lowest BCUT2D eigenvalue weighted by molar-refractivity contribution is -0.0184. The van der Waals surface area contributed by atoms with Crippen molar-refractivity contribution in [1.29, 1.82) is 0 Å². The zero-order valence-corrected chi connectivity index (χ0v) is 12.1. The number of nitrogens with zero attached hydrogens (tertiary/aromatic N) is 2. The van der Waals surface area contributed by atoms with Crippen molar-refractivity contribution in [2.24, 2.45) is 0 Å². The summed E-state index contributed by atoms with van der Waals surface area (Å²) in [5.41, 5.74) is 0.798. The molecule has 1 aliphatic rings. The van der Waals surface area contributed by atoms with E-state index in [4.69, 9.17) is 4.42 Å². The van der Waals surface area contributed by atoms with E-state index < -0.39 is 5.60 Å². The third kappa shape index (κ3) is 3.49. The van der Waals surface area contributed by atoms with Gasteiger partial charge in [-0.05, 0) is 44.5 Å². The van der Waals surface area contributed by atoms with E-state index in [9.17, 15) is 9.50 Å². The summed E-state index contributed by atoms with van der Waals surface area (Å²) < 4.78 is 18.6. The molecule has 0 bridgehead atoms. The third-order valence-electron chi connectivity index (χ3n) is 3.76. The highest BCUT2D eigenvalue weighted by atomic mass is 19.1. The standard InChI is InChI=1S/C16H19FN2O2/c1-16(20)6-3-7-19(11-16)9-14-10-21-15(18-14)12-4-2-5-13(17)8-12/h2,4-5,8,10,20H,3,6-7,9,11H2,1H3. The van der Waals surface area contributed by atoms with Crippen molar-refractivity contribution in [1.82, 2.24) is 9.88 Å². The van der Waals surface area contributed by atoms with Crippen LogP contribution in [0.1, 0.15) is 25.5 Å². The van der Waals surface area contributed by atoms with Crippen LogP contribution in [0.15, 0.2) is 34.9 Å². The Balaban J connectivity index is 1.71. The smallest absolute Gasteiger partial charge is 0.226 e. The summed E-state index contributed by atoms with van der Waals surface area (Å²) in [4.78, 5) is 6.57. The molecule has 2 aromatic rings. The molecule has 0 aliphatic carbocycles. The van der Waals surface area contributed by atoms with Gasteiger partial charge in [0.05, 0.1) is 11.3 Å². The highest BCUT2D eigenvalue weighted by Crippen LogP contribution is 2.23. The van der Waals surface area contributed by atoms with E-state index in [1.54, 1.807) is 18.4 Å². The summed E-state index contributed by atoms with van der Waals surface area (Å²) in [5, 5.41) is 10.1. The summed E-state index contributed by atoms with van der Waals surface area (Å²) in [6.07, 6.45) is 3.40. The maximum atomic E-state index is 13.2. The quantitative estimate of drug-likeness (QED) is 0.944. The number of aromatic nitrogens is 1. The highest BCUT2D eigenvalue weighted by molar-refractivity contribution is 5.52. The van der Waals surface area contributed by atoms with Crippen LogP contribution in [0.5, 0.6) is 0 Å². The van der Waals surface area contributed by atoms with Gasteiger partial charge in [-0.3, -0.25) is 4.90 Å². The minimum Gasteiger partial charge on any atom is -0.444 e. The van der Waals surface area contributed by atoms with E-state index in [1.165, 1.54) is 12.1 Å². The van der Waals surface area contributed by atoms with Gasteiger partial charge in [0, 0.05) is 18.7 Å². The van der Waals surface area contributed by atoms with Crippen molar-refractivity contribution >= 4 is 0 Å². The molecule has 1 unspecified atom stereocenters. The first-order chi connectivity index (χ1) is 10.0. The molecule has 1 atom stereocenters. The van der Waals surface area contributed by atoms with Crippen LogP contribution in [-0.4, -0.2) is 33.7 Å². The van der Waals surface area contributed by atoms with Crippen LogP contribution >= 0.6 is 0 Å². The van der Waals surface area contributed by atoms with Crippen molar-refractivity contribution in [2.75, 3.05) is 13.1 Å². The number of hydrogen-bond acceptors (Lipinski definition) is 4. The Bertz CT molecular complexity index is 624. The number of likely N-dealkylation sites (tertiary alicyclic amines) is 1. The lowest BCUT2D eigenvalue weighted by Crippen LogP contribution is -2.45. The summed E-state index contributed by atoms with van der Waals surface area (Å²) >= 11 is 0. The van der Waals surface area contributed by atoms with E-state index in [2.05, 4.69) is 9.88 Å². The Hall–Kier alpha value is -1.72. The average molecular weight is 290 g/mol. The molecular formula is C16H19FN2O2. The predicted octanol–water partition coefficient (Wildman–Crippen LogP) is 2.83. The fraction of sp³-hybridized carbons (Fsp3) is 0.438. The summed E-state index contributed by atoms with van der Waals surface area (Å²) in [5.74, 6) is 0.118. The molecule has 21 heavy (non-hydrogen) atoms. The molecule has 3 rings (SSSR count). The average Bonchev–Trinajstić information content (AvgIpc) is 2.86. The monoisotopic (exact) mass is 290 g/mol. The van der Waals surface area contributed by atoms with Crippen molar-refractivity contribution in [3.63, 3.8) is 0 Å². The van der Waals surface area contributed by atoms with Crippen molar-refractivity contribution < 1.29 is 13.9 Å². The number of aliphatic hydroxyl groups is 1. The van der Waals surface area contributed by atoms with Crippen LogP contribution in [0, 0.1) is 5.82 Å². The molecule has 0 radical (unpaired) electrons. The number of hydrogen-bond donors (Lipinski definition) is 1. The van der Waals surface area contributed by atoms with Crippen LogP contribution in [0.3, 0.4) is 0 Å². The highest BCUT2D eigenvalue weighted by Gasteiger charge is 2.28. The van der Waals surface area contributed by atoms with E-state index in [0.717, 1.165) is 25.1 Å². The van der Waals surface area contributed by atoms with Gasteiger partial charge in [0.2, 0.25) is 5.89 Å². The maximum absolute atomic E-state index is 13.2. The molecule has 0 saturated carbocycles. The van der Waals surface area contributed by atoms with Gasteiger partial charge in [0.1, 0.15) is 12.1 Å². The first-order valence-electron chi connectivity index (χ1n) is 7.17. The number of halogens is 1. The normalized spacial score (nSPS) is 23.4. The number of β-amino-alcohol motifs (C(OH)–C–C–N with tert-alkyl or cyclic N) is 1. The van der Waals surface area contributed by atoms with Gasteiger partial charge in [-0.2, -0.15) is 0 Å². The van der Waals surface area contributed by atoms with Gasteiger partial charge in [-0.1, -0.05) is 6.07 Å². The fourth-order valence-corrected chi connectivity index (χ4v) is 2.82. The maximum Gasteiger partial charge on any atom is 0.226 e. The Kier molecular flexibility index (Phi) is 3.78. The second kappa shape index (κ2) is 5.58. The first kappa shape index (κ1) is 14.2. The van der Waals surface area contributed by atoms with Gasteiger partial charge in [-0.15, -0.1) is 0 Å². The molecule has 1 aliphatic heterocycles. The molecule has 112 valence electrons. The molecule has 0 spiro atoms. The Labute approximate surface area is 123 Å². The first-order valence-corrected chi connectivity index (χ1v) is 7.17. The molecule has 1 N–H and O–H groups in total. The number of benzene rings is 1. The zero-order chi connectivity index (χ0) is 14.9. The van der Waals surface area contributed by atoms with Crippen LogP contribution in [0.4, 0.5) is 4.39 Å². The Morgan fingerprint density at radius 3 is 3.10 bits per heavy atom. The minimum atomic E-state index is -0.632. The second-order valence-electron chi connectivity index (χ2n) is 5.97. The Morgan fingerprint density at radius 1 is 1.48 bits per heavy atom. The Morgan fingerprint density at radius 2 is 2.33 bits per heavy atom. The van der Waals surface area contributed by atoms with E-state index in [-0.39, 0.29) is 5.82 Å². The van der Waals surface area contributed by atoms with Crippen LogP contribution < -0.4 is 0 Å². The predicted molar refractivity (Wildman–Crippen MR) is 77.0 cm³/mol. The lowest BCUT2D eigenvalue weighted by atomic mass is 9.95. The molecule has 1 saturated heterocycles. The van der Waals surface area contributed by atoms with E-state index >= 15 is 0 Å².